The van der Waals surface area contributed by atoms with Crippen LogP contribution in [0.2, 0.25) is 0 Å². The third kappa shape index (κ3) is 3.88. The number of carbonyl (C=O) groups excluding carboxylic acids is 2. The van der Waals surface area contributed by atoms with Crippen LogP contribution in [0.1, 0.15) is 67.7 Å². The van der Waals surface area contributed by atoms with Crippen molar-refractivity contribution in [1.82, 2.24) is 14.8 Å². The molecule has 1 amide bonds. The number of methoxy groups -OCH3 is 1. The van der Waals surface area contributed by atoms with E-state index in [4.69, 9.17) is 4.42 Å². The van der Waals surface area contributed by atoms with Crippen LogP contribution < -0.4 is 0 Å². The Kier molecular flexibility index (Phi) is 5.21. The van der Waals surface area contributed by atoms with Crippen molar-refractivity contribution in [1.29, 1.82) is 0 Å². The van der Waals surface area contributed by atoms with E-state index < -0.39 is 5.97 Å². The summed E-state index contributed by atoms with van der Waals surface area (Å²) >= 11 is 0. The molecule has 3 fully saturated rings. The van der Waals surface area contributed by atoms with Crippen LogP contribution in [0.5, 0.6) is 0 Å². The number of carbonyl (C=O) groups is 2. The maximum Gasteiger partial charge on any atom is 0.360 e. The monoisotopic (exact) mass is 375 g/mol. The Morgan fingerprint density at radius 1 is 1.30 bits per heavy atom. The van der Waals surface area contributed by atoms with E-state index in [1.54, 1.807) is 0 Å². The summed E-state index contributed by atoms with van der Waals surface area (Å²) in [7, 11) is 1.34. The third-order valence-electron chi connectivity index (χ3n) is 6.51. The number of likely N-dealkylation sites (tertiary alicyclic amines) is 2. The molecule has 7 heteroatoms. The third-order valence-corrected chi connectivity index (χ3v) is 6.51. The summed E-state index contributed by atoms with van der Waals surface area (Å²) in [5.74, 6) is 0.421. The molecule has 4 rings (SSSR count). The first kappa shape index (κ1) is 18.5. The van der Waals surface area contributed by atoms with E-state index in [0.29, 0.717) is 30.8 Å². The predicted molar refractivity (Wildman–Crippen MR) is 98.0 cm³/mol. The number of aromatic nitrogens is 1. The molecule has 0 bridgehead atoms. The van der Waals surface area contributed by atoms with Gasteiger partial charge < -0.3 is 14.1 Å². The van der Waals surface area contributed by atoms with E-state index in [-0.39, 0.29) is 11.1 Å². The lowest BCUT2D eigenvalue weighted by Gasteiger charge is -2.49. The van der Waals surface area contributed by atoms with Gasteiger partial charge in [0.05, 0.1) is 13.7 Å². The number of nitrogens with zero attached hydrogens (tertiary/aromatic N) is 3. The summed E-state index contributed by atoms with van der Waals surface area (Å²) in [4.78, 5) is 32.9. The zero-order chi connectivity index (χ0) is 18.9. The molecule has 0 unspecified atom stereocenters. The molecule has 3 heterocycles. The molecule has 1 aromatic rings. The molecule has 148 valence electrons. The molecule has 2 aliphatic heterocycles. The van der Waals surface area contributed by atoms with E-state index in [1.165, 1.54) is 32.6 Å². The molecule has 3 aliphatic rings. The Balaban J connectivity index is 1.41. The van der Waals surface area contributed by atoms with Gasteiger partial charge in [-0.25, -0.2) is 9.78 Å². The van der Waals surface area contributed by atoms with Crippen molar-refractivity contribution in [3.63, 3.8) is 0 Å². The lowest BCUT2D eigenvalue weighted by Crippen LogP contribution is -2.55. The van der Waals surface area contributed by atoms with Gasteiger partial charge in [0.1, 0.15) is 6.26 Å². The van der Waals surface area contributed by atoms with Crippen molar-refractivity contribution in [3.8, 4) is 0 Å². The number of esters is 1. The van der Waals surface area contributed by atoms with Gasteiger partial charge in [0, 0.05) is 31.0 Å². The van der Waals surface area contributed by atoms with Crippen LogP contribution in [0.3, 0.4) is 0 Å². The SMILES string of the molecule is COC(=O)c1coc(CN2CCC[C@@]3(CCC(=O)N(C4CCCC4)C3)C2)n1. The summed E-state index contributed by atoms with van der Waals surface area (Å²) in [6.45, 7) is 3.44. The molecular weight excluding hydrogens is 346 g/mol. The zero-order valence-corrected chi connectivity index (χ0v) is 16.1. The number of rotatable bonds is 4. The molecular formula is C20H29N3O4. The Labute approximate surface area is 160 Å². The van der Waals surface area contributed by atoms with Gasteiger partial charge in [0.25, 0.3) is 0 Å². The molecule has 0 radical (unpaired) electrons. The number of hydrogen-bond donors (Lipinski definition) is 0. The summed E-state index contributed by atoms with van der Waals surface area (Å²) < 4.78 is 10.2. The normalized spacial score (nSPS) is 27.4. The smallest absolute Gasteiger partial charge is 0.360 e. The van der Waals surface area contributed by atoms with Gasteiger partial charge in [-0.2, -0.15) is 0 Å². The highest BCUT2D eigenvalue weighted by Crippen LogP contribution is 2.41. The average molecular weight is 375 g/mol. The molecule has 2 saturated heterocycles. The van der Waals surface area contributed by atoms with Crippen LogP contribution in [-0.2, 0) is 16.1 Å². The van der Waals surface area contributed by atoms with Gasteiger partial charge in [0.15, 0.2) is 5.69 Å². The first-order valence-corrected chi connectivity index (χ1v) is 10.1. The number of piperidine rings is 2. The maximum atomic E-state index is 12.5. The van der Waals surface area contributed by atoms with Crippen molar-refractivity contribution in [2.45, 2.75) is 64.0 Å². The van der Waals surface area contributed by atoms with Crippen LogP contribution in [0, 0.1) is 5.41 Å². The summed E-state index contributed by atoms with van der Waals surface area (Å²) in [5, 5.41) is 0. The molecule has 0 aromatic carbocycles. The van der Waals surface area contributed by atoms with Crippen molar-refractivity contribution >= 4 is 11.9 Å². The van der Waals surface area contributed by atoms with Gasteiger partial charge in [-0.05, 0) is 38.6 Å². The number of oxazole rings is 1. The van der Waals surface area contributed by atoms with Gasteiger partial charge in [-0.15, -0.1) is 0 Å². The van der Waals surface area contributed by atoms with Crippen LogP contribution in [0.4, 0.5) is 0 Å². The molecule has 1 saturated carbocycles. The first-order chi connectivity index (χ1) is 13.1. The predicted octanol–water partition coefficient (Wildman–Crippen LogP) is 2.61. The fraction of sp³-hybridized carbons (Fsp3) is 0.750. The molecule has 7 nitrogen and oxygen atoms in total. The summed E-state index contributed by atoms with van der Waals surface area (Å²) in [5.41, 5.74) is 0.405. The van der Waals surface area contributed by atoms with Crippen LogP contribution in [0.15, 0.2) is 10.7 Å². The minimum atomic E-state index is -0.474. The summed E-state index contributed by atoms with van der Waals surface area (Å²) in [6, 6.07) is 0.458. The minimum Gasteiger partial charge on any atom is -0.464 e. The number of amides is 1. The average Bonchev–Trinajstić information content (AvgIpc) is 3.36. The van der Waals surface area contributed by atoms with E-state index >= 15 is 0 Å². The molecule has 27 heavy (non-hydrogen) atoms. The fourth-order valence-electron chi connectivity index (χ4n) is 5.14. The van der Waals surface area contributed by atoms with Gasteiger partial charge in [-0.3, -0.25) is 9.69 Å². The highest BCUT2D eigenvalue weighted by atomic mass is 16.5. The zero-order valence-electron chi connectivity index (χ0n) is 16.1. The molecule has 1 aliphatic carbocycles. The van der Waals surface area contributed by atoms with E-state index in [1.807, 2.05) is 0 Å². The Bertz CT molecular complexity index is 697. The standard InChI is InChI=1S/C20H29N3O4/c1-26-19(25)16-12-27-17(21-16)11-22-10-4-8-20(13-22)9-7-18(24)23(14-20)15-5-2-3-6-15/h12,15H,2-11,13-14H2,1H3/t20-/m1/s1. The Morgan fingerprint density at radius 3 is 2.89 bits per heavy atom. The second-order valence-corrected chi connectivity index (χ2v) is 8.39. The van der Waals surface area contributed by atoms with Crippen molar-refractivity contribution < 1.29 is 18.7 Å². The van der Waals surface area contributed by atoms with Crippen LogP contribution >= 0.6 is 0 Å². The second kappa shape index (κ2) is 7.62. The number of ether oxygens (including phenoxy) is 1. The molecule has 0 N–H and O–H groups in total. The minimum absolute atomic E-state index is 0.187. The van der Waals surface area contributed by atoms with Gasteiger partial charge in [0.2, 0.25) is 11.8 Å². The molecule has 1 atom stereocenters. The van der Waals surface area contributed by atoms with Crippen LogP contribution in [0.25, 0.3) is 0 Å². The van der Waals surface area contributed by atoms with Crippen molar-refractivity contribution in [2.75, 3.05) is 26.7 Å². The largest absolute Gasteiger partial charge is 0.464 e. The van der Waals surface area contributed by atoms with E-state index in [9.17, 15) is 9.59 Å². The van der Waals surface area contributed by atoms with E-state index in [0.717, 1.165) is 45.3 Å². The quantitative estimate of drug-likeness (QED) is 0.753. The Hall–Kier alpha value is -1.89. The highest BCUT2D eigenvalue weighted by Gasteiger charge is 2.43. The second-order valence-electron chi connectivity index (χ2n) is 8.39. The molecule has 1 aromatic heterocycles. The number of hydrogen-bond acceptors (Lipinski definition) is 6. The van der Waals surface area contributed by atoms with Crippen LogP contribution in [-0.4, -0.2) is 59.4 Å². The van der Waals surface area contributed by atoms with Crippen molar-refractivity contribution in [2.24, 2.45) is 5.41 Å². The topological polar surface area (TPSA) is 75.9 Å². The van der Waals surface area contributed by atoms with Gasteiger partial charge in [-0.1, -0.05) is 12.8 Å². The van der Waals surface area contributed by atoms with Gasteiger partial charge >= 0.3 is 5.97 Å². The molecule has 1 spiro atoms. The lowest BCUT2D eigenvalue weighted by atomic mass is 9.73. The first-order valence-electron chi connectivity index (χ1n) is 10.1. The van der Waals surface area contributed by atoms with E-state index in [2.05, 4.69) is 19.5 Å². The highest BCUT2D eigenvalue weighted by molar-refractivity contribution is 5.86. The summed E-state index contributed by atoms with van der Waals surface area (Å²) in [6.07, 6.45) is 10.1. The maximum absolute atomic E-state index is 12.5. The fourth-order valence-corrected chi connectivity index (χ4v) is 5.14. The Morgan fingerprint density at radius 2 is 2.11 bits per heavy atom. The lowest BCUT2D eigenvalue weighted by molar-refractivity contribution is -0.142. The van der Waals surface area contributed by atoms with Crippen molar-refractivity contribution in [3.05, 3.63) is 17.8 Å².